The summed E-state index contributed by atoms with van der Waals surface area (Å²) in [6.45, 7) is 8.42. The van der Waals surface area contributed by atoms with Crippen molar-refractivity contribution < 1.29 is 43.8 Å². The number of rotatable bonds is 5. The van der Waals surface area contributed by atoms with Gasteiger partial charge in [-0.15, -0.1) is 0 Å². The molecule has 0 radical (unpaired) electrons. The summed E-state index contributed by atoms with van der Waals surface area (Å²) in [5.74, 6) is -5.77. The van der Waals surface area contributed by atoms with Crippen LogP contribution in [0.4, 0.5) is 0 Å². The number of carbonyl (C=O) groups excluding carboxylic acids is 7. The van der Waals surface area contributed by atoms with Gasteiger partial charge in [0, 0.05) is 6.54 Å². The molecular weight excluding hydrogens is 578 g/mol. The van der Waals surface area contributed by atoms with Crippen LogP contribution in [0.2, 0.25) is 0 Å². The van der Waals surface area contributed by atoms with Gasteiger partial charge in [-0.25, -0.2) is 0 Å². The molecule has 0 aromatic carbocycles. The lowest BCUT2D eigenvalue weighted by Crippen LogP contribution is -2.61. The Balaban J connectivity index is 2.44. The fourth-order valence-electron chi connectivity index (χ4n) is 5.01. The first kappa shape index (κ1) is 36.4. The lowest BCUT2D eigenvalue weighted by atomic mass is 10.0. The summed E-state index contributed by atoms with van der Waals surface area (Å²) in [6, 6.07) is -7.38. The molecule has 16 nitrogen and oxygen atoms in total. The molecule has 2 heterocycles. The van der Waals surface area contributed by atoms with Gasteiger partial charge >= 0.3 is 0 Å². The number of nitrogens with one attached hydrogen (secondary N) is 6. The SMILES string of the molecule is CC(C)CC1NC(=O)CNC(=O)C2CCCN2C(=O)C(C(C)O)NC(=O)C(C(C)C)NC(=O)C(C)NC(=O)C(CO)NC1=O. The highest BCUT2D eigenvalue weighted by molar-refractivity contribution is 5.98. The van der Waals surface area contributed by atoms with E-state index in [1.165, 1.54) is 18.7 Å². The van der Waals surface area contributed by atoms with Gasteiger partial charge in [0.05, 0.1) is 19.3 Å². The highest BCUT2D eigenvalue weighted by Crippen LogP contribution is 2.20. The van der Waals surface area contributed by atoms with E-state index in [-0.39, 0.29) is 25.3 Å². The molecule has 16 heteroatoms. The van der Waals surface area contributed by atoms with Gasteiger partial charge in [0.15, 0.2) is 0 Å². The van der Waals surface area contributed by atoms with Gasteiger partial charge in [-0.05, 0) is 44.9 Å². The molecule has 7 atom stereocenters. The van der Waals surface area contributed by atoms with E-state index < -0.39 is 103 Å². The summed E-state index contributed by atoms with van der Waals surface area (Å²) in [5, 5.41) is 35.1. The molecule has 2 aliphatic rings. The zero-order chi connectivity index (χ0) is 33.3. The minimum Gasteiger partial charge on any atom is -0.394 e. The van der Waals surface area contributed by atoms with Crippen molar-refractivity contribution in [2.75, 3.05) is 19.7 Å². The van der Waals surface area contributed by atoms with Crippen molar-refractivity contribution in [2.45, 2.75) is 103 Å². The number of aliphatic hydroxyl groups excluding tert-OH is 2. The minimum absolute atomic E-state index is 0.0645. The monoisotopic (exact) mass is 625 g/mol. The van der Waals surface area contributed by atoms with Crippen molar-refractivity contribution in [1.82, 2.24) is 36.8 Å². The quantitative estimate of drug-likeness (QED) is 0.152. The number of hydrogen-bond acceptors (Lipinski definition) is 9. The summed E-state index contributed by atoms with van der Waals surface area (Å²) >= 11 is 0. The molecule has 0 aromatic heterocycles. The van der Waals surface area contributed by atoms with Gasteiger partial charge in [0.1, 0.15) is 36.3 Å². The fourth-order valence-corrected chi connectivity index (χ4v) is 5.01. The van der Waals surface area contributed by atoms with Gasteiger partial charge in [0.25, 0.3) is 0 Å². The smallest absolute Gasteiger partial charge is 0.248 e. The molecule has 0 aromatic rings. The summed E-state index contributed by atoms with van der Waals surface area (Å²) in [5.41, 5.74) is 0. The molecule has 2 fully saturated rings. The number of carbonyl (C=O) groups is 7. The normalized spacial score (nSPS) is 29.5. The third kappa shape index (κ3) is 9.87. The molecule has 2 aliphatic heterocycles. The molecular formula is C28H47N7O9. The molecule has 44 heavy (non-hydrogen) atoms. The summed E-state index contributed by atoms with van der Waals surface area (Å²) in [7, 11) is 0. The van der Waals surface area contributed by atoms with Crippen LogP contribution < -0.4 is 31.9 Å². The Kier molecular flexibility index (Phi) is 13.5. The van der Waals surface area contributed by atoms with Crippen molar-refractivity contribution in [3.8, 4) is 0 Å². The zero-order valence-corrected chi connectivity index (χ0v) is 26.1. The van der Waals surface area contributed by atoms with Crippen LogP contribution in [-0.4, -0.2) is 119 Å². The van der Waals surface area contributed by atoms with Crippen molar-refractivity contribution in [1.29, 1.82) is 0 Å². The fraction of sp³-hybridized carbons (Fsp3) is 0.750. The van der Waals surface area contributed by atoms with Gasteiger partial charge in [-0.2, -0.15) is 0 Å². The van der Waals surface area contributed by atoms with Crippen LogP contribution >= 0.6 is 0 Å². The van der Waals surface area contributed by atoms with Crippen molar-refractivity contribution in [2.24, 2.45) is 11.8 Å². The van der Waals surface area contributed by atoms with Crippen LogP contribution in [0.15, 0.2) is 0 Å². The minimum atomic E-state index is -1.46. The number of nitrogens with zero attached hydrogens (tertiary/aromatic N) is 1. The third-order valence-electron chi connectivity index (χ3n) is 7.48. The predicted molar refractivity (Wildman–Crippen MR) is 156 cm³/mol. The Hall–Kier alpha value is -3.79. The highest BCUT2D eigenvalue weighted by atomic mass is 16.3. The van der Waals surface area contributed by atoms with Gasteiger partial charge in [0.2, 0.25) is 41.4 Å². The number of aliphatic hydroxyl groups is 2. The van der Waals surface area contributed by atoms with E-state index in [9.17, 15) is 43.8 Å². The van der Waals surface area contributed by atoms with E-state index in [1.54, 1.807) is 13.8 Å². The summed E-state index contributed by atoms with van der Waals surface area (Å²) in [6.07, 6.45) is -0.437. The third-order valence-corrected chi connectivity index (χ3v) is 7.48. The largest absolute Gasteiger partial charge is 0.394 e. The van der Waals surface area contributed by atoms with Crippen LogP contribution in [-0.2, 0) is 33.6 Å². The first-order chi connectivity index (χ1) is 20.6. The van der Waals surface area contributed by atoms with E-state index in [0.717, 1.165) is 0 Å². The topological polar surface area (TPSA) is 235 Å². The summed E-state index contributed by atoms with van der Waals surface area (Å²) < 4.78 is 0. The lowest BCUT2D eigenvalue weighted by molar-refractivity contribution is -0.144. The Morgan fingerprint density at radius 1 is 0.773 bits per heavy atom. The van der Waals surface area contributed by atoms with Crippen LogP contribution in [0.25, 0.3) is 0 Å². The average Bonchev–Trinajstić information content (AvgIpc) is 3.44. The number of amides is 7. The Morgan fingerprint density at radius 3 is 1.95 bits per heavy atom. The van der Waals surface area contributed by atoms with Crippen molar-refractivity contribution in [3.05, 3.63) is 0 Å². The van der Waals surface area contributed by atoms with E-state index in [1.807, 2.05) is 13.8 Å². The van der Waals surface area contributed by atoms with Crippen LogP contribution in [0.3, 0.4) is 0 Å². The summed E-state index contributed by atoms with van der Waals surface area (Å²) in [4.78, 5) is 92.8. The van der Waals surface area contributed by atoms with Crippen molar-refractivity contribution >= 4 is 41.4 Å². The predicted octanol–water partition coefficient (Wildman–Crippen LogP) is -3.37. The molecule has 8 N–H and O–H groups in total. The standard InChI is InChI=1S/C28H47N7O9/c1-13(2)10-17-24(40)32-18(12-36)25(41)30-15(5)23(39)33-21(14(3)4)27(43)34-22(16(6)37)28(44)35-9-7-8-19(35)26(42)29-11-20(38)31-17/h13-19,21-22,36-37H,7-12H2,1-6H3,(H,29,42)(H,30,41)(H,31,38)(H,32,40)(H,33,39)(H,34,43). The first-order valence-corrected chi connectivity index (χ1v) is 14.9. The molecule has 0 aliphatic carbocycles. The molecule has 248 valence electrons. The van der Waals surface area contributed by atoms with Gasteiger partial charge in [-0.3, -0.25) is 33.6 Å². The maximum absolute atomic E-state index is 13.5. The molecule has 0 spiro atoms. The van der Waals surface area contributed by atoms with Crippen LogP contribution in [0.1, 0.15) is 60.8 Å². The molecule has 0 saturated carbocycles. The van der Waals surface area contributed by atoms with Gasteiger partial charge < -0.3 is 47.0 Å². The zero-order valence-electron chi connectivity index (χ0n) is 26.1. The second kappa shape index (κ2) is 16.3. The van der Waals surface area contributed by atoms with Gasteiger partial charge in [-0.1, -0.05) is 27.7 Å². The second-order valence-corrected chi connectivity index (χ2v) is 12.1. The molecule has 7 unspecified atom stereocenters. The maximum Gasteiger partial charge on any atom is 0.248 e. The Bertz CT molecular complexity index is 1100. The van der Waals surface area contributed by atoms with E-state index in [4.69, 9.17) is 0 Å². The number of hydrogen-bond donors (Lipinski definition) is 8. The first-order valence-electron chi connectivity index (χ1n) is 14.9. The highest BCUT2D eigenvalue weighted by Gasteiger charge is 2.40. The van der Waals surface area contributed by atoms with E-state index >= 15 is 0 Å². The van der Waals surface area contributed by atoms with Crippen LogP contribution in [0, 0.1) is 11.8 Å². The molecule has 2 rings (SSSR count). The Morgan fingerprint density at radius 2 is 1.39 bits per heavy atom. The average molecular weight is 626 g/mol. The second-order valence-electron chi connectivity index (χ2n) is 12.1. The Labute approximate surface area is 256 Å². The molecule has 7 amide bonds. The van der Waals surface area contributed by atoms with E-state index in [2.05, 4.69) is 31.9 Å². The molecule has 2 saturated heterocycles. The van der Waals surface area contributed by atoms with Crippen LogP contribution in [0.5, 0.6) is 0 Å². The van der Waals surface area contributed by atoms with E-state index in [0.29, 0.717) is 6.42 Å². The lowest BCUT2D eigenvalue weighted by Gasteiger charge is -2.31. The number of fused-ring (bicyclic) bond motifs is 1. The van der Waals surface area contributed by atoms with Crippen molar-refractivity contribution in [3.63, 3.8) is 0 Å². The molecule has 0 bridgehead atoms. The maximum atomic E-state index is 13.5.